The number of rotatable bonds is 5. The van der Waals surface area contributed by atoms with E-state index in [4.69, 9.17) is 15.2 Å². The number of fused-ring (bicyclic) bond motifs is 3. The molecule has 0 bridgehead atoms. The van der Waals surface area contributed by atoms with Crippen LogP contribution >= 0.6 is 27.7 Å². The maximum Gasteiger partial charge on any atom is 0.347 e. The topological polar surface area (TPSA) is 137 Å². The van der Waals surface area contributed by atoms with Gasteiger partial charge < -0.3 is 19.8 Å². The smallest absolute Gasteiger partial charge is 0.347 e. The number of nitrogens with two attached hydrogens (primary N) is 1. The molecule has 2 N–H and O–H groups in total. The van der Waals surface area contributed by atoms with Crippen LogP contribution in [0.15, 0.2) is 54.7 Å². The van der Waals surface area contributed by atoms with E-state index in [9.17, 15) is 9.59 Å². The summed E-state index contributed by atoms with van der Waals surface area (Å²) in [5.41, 5.74) is 5.83. The highest BCUT2D eigenvalue weighted by atomic mass is 79.9. The summed E-state index contributed by atoms with van der Waals surface area (Å²) in [7, 11) is 0. The highest BCUT2D eigenvalue weighted by molar-refractivity contribution is 9.10. The monoisotopic (exact) mass is 544 g/mol. The highest BCUT2D eigenvalue weighted by Gasteiger charge is 2.23. The summed E-state index contributed by atoms with van der Waals surface area (Å²) < 4.78 is 17.5. The van der Waals surface area contributed by atoms with Crippen LogP contribution in [0.5, 0.6) is 11.5 Å². The molecule has 34 heavy (non-hydrogen) atoms. The molecule has 1 aromatic carbocycles. The fourth-order valence-electron chi connectivity index (χ4n) is 3.89. The number of aryl methyl sites for hydroxylation is 1. The Balaban J connectivity index is 1.30. The van der Waals surface area contributed by atoms with Crippen LogP contribution in [0.25, 0.3) is 11.5 Å². The second kappa shape index (κ2) is 8.06. The maximum atomic E-state index is 12.7. The number of nitrogens with zero attached hydrogens (tertiary/aromatic N) is 7. The van der Waals surface area contributed by atoms with Gasteiger partial charge in [-0.3, -0.25) is 0 Å². The molecule has 0 fully saturated rings. The summed E-state index contributed by atoms with van der Waals surface area (Å²) in [5.74, 6) is 2.09. The van der Waals surface area contributed by atoms with E-state index in [0.717, 1.165) is 9.37 Å². The van der Waals surface area contributed by atoms with E-state index < -0.39 is 0 Å². The summed E-state index contributed by atoms with van der Waals surface area (Å²) in [6.45, 7) is 1.41. The normalized spacial score (nSPS) is 14.1. The molecule has 0 radical (unpaired) electrons. The van der Waals surface area contributed by atoms with Crippen LogP contribution in [-0.2, 0) is 26.2 Å². The van der Waals surface area contributed by atoms with Crippen LogP contribution < -0.4 is 26.6 Å². The molecule has 0 aliphatic carbocycles. The fraction of sp³-hybridized carbons (Fsp3) is 0.250. The average molecular weight is 545 g/mol. The molecule has 12 nitrogen and oxygen atoms in total. The third-order valence-electron chi connectivity index (χ3n) is 5.58. The van der Waals surface area contributed by atoms with Gasteiger partial charge in [0.15, 0.2) is 34.0 Å². The van der Waals surface area contributed by atoms with Crippen LogP contribution in [0.1, 0.15) is 0 Å². The van der Waals surface area contributed by atoms with Gasteiger partial charge in [0.25, 0.3) is 0 Å². The first-order valence-electron chi connectivity index (χ1n) is 10.3. The Hall–Kier alpha value is -3.52. The van der Waals surface area contributed by atoms with Crippen molar-refractivity contribution in [2.75, 3.05) is 12.5 Å². The number of halogens is 1. The van der Waals surface area contributed by atoms with E-state index in [1.54, 1.807) is 4.57 Å². The Morgan fingerprint density at radius 1 is 1.03 bits per heavy atom. The minimum absolute atomic E-state index is 0.166. The molecule has 4 aliphatic rings. The van der Waals surface area contributed by atoms with Crippen molar-refractivity contribution >= 4 is 33.5 Å². The van der Waals surface area contributed by atoms with E-state index >= 15 is 0 Å². The second-order valence-corrected chi connectivity index (χ2v) is 9.46. The minimum Gasteiger partial charge on any atom is -0.454 e. The second-order valence-electron chi connectivity index (χ2n) is 7.59. The van der Waals surface area contributed by atoms with Crippen LogP contribution in [-0.4, -0.2) is 40.2 Å². The summed E-state index contributed by atoms with van der Waals surface area (Å²) in [6.07, 6.45) is 5.27. The van der Waals surface area contributed by atoms with Crippen LogP contribution in [0.2, 0.25) is 0 Å². The van der Waals surface area contributed by atoms with Gasteiger partial charge >= 0.3 is 11.4 Å². The molecule has 14 heteroatoms. The molecule has 5 heterocycles. The first-order chi connectivity index (χ1) is 16.5. The molecule has 0 unspecified atom stereocenters. The molecule has 2 aromatic rings. The first kappa shape index (κ1) is 21.0. The number of aromatic nitrogens is 7. The van der Waals surface area contributed by atoms with Crippen molar-refractivity contribution < 1.29 is 9.47 Å². The van der Waals surface area contributed by atoms with Crippen molar-refractivity contribution in [1.82, 2.24) is 33.4 Å². The number of hydrogen-bond acceptors (Lipinski definition) is 9. The molecule has 0 saturated heterocycles. The van der Waals surface area contributed by atoms with Gasteiger partial charge in [0, 0.05) is 15.9 Å². The quantitative estimate of drug-likeness (QED) is 0.369. The largest absolute Gasteiger partial charge is 0.454 e. The van der Waals surface area contributed by atoms with Crippen molar-refractivity contribution in [3.63, 3.8) is 0 Å². The molecule has 6 rings (SSSR count). The third-order valence-corrected chi connectivity index (χ3v) is 7.42. The summed E-state index contributed by atoms with van der Waals surface area (Å²) in [5, 5.41) is 0.477. The van der Waals surface area contributed by atoms with Crippen LogP contribution in [0.3, 0.4) is 0 Å². The molecule has 0 spiro atoms. The lowest BCUT2D eigenvalue weighted by molar-refractivity contribution is 0.174. The minimum atomic E-state index is -0.341. The maximum absolute atomic E-state index is 12.7. The SMILES string of the molecule is Nc1ncn(CCn2c(=O)n3n(c2=O)CC=CC3)c2nc(Sc3cc4c(cc3Br)OCO4)nc1-2. The van der Waals surface area contributed by atoms with E-state index in [2.05, 4.69) is 30.9 Å². The lowest BCUT2D eigenvalue weighted by Crippen LogP contribution is -2.31. The number of hydrogen-bond donors (Lipinski definition) is 1. The van der Waals surface area contributed by atoms with Crippen LogP contribution in [0.4, 0.5) is 5.82 Å². The summed E-state index contributed by atoms with van der Waals surface area (Å²) in [6, 6.07) is 3.70. The molecule has 4 aliphatic heterocycles. The van der Waals surface area contributed by atoms with E-state index in [0.29, 0.717) is 47.8 Å². The van der Waals surface area contributed by atoms with Gasteiger partial charge in [0.05, 0.1) is 26.0 Å². The standard InChI is InChI=1S/C20H17BrN8O4S/c21-11-7-12-13(33-10-32-12)8-14(11)34-18-24-15-16(22)23-9-26(17(15)25-18)5-6-27-19(30)28-3-1-2-4-29(28)20(27)31/h1-2,7-9H,3-6,10,22H2. The summed E-state index contributed by atoms with van der Waals surface area (Å²) in [4.78, 5) is 39.6. The van der Waals surface area contributed by atoms with Crippen molar-refractivity contribution in [3.8, 4) is 23.0 Å². The van der Waals surface area contributed by atoms with E-state index in [-0.39, 0.29) is 30.5 Å². The number of anilines is 1. The number of allylic oxidation sites excluding steroid dienone is 2. The van der Waals surface area contributed by atoms with E-state index in [1.165, 1.54) is 32.0 Å². The predicted molar refractivity (Wildman–Crippen MR) is 125 cm³/mol. The van der Waals surface area contributed by atoms with Crippen molar-refractivity contribution in [1.29, 1.82) is 0 Å². The van der Waals surface area contributed by atoms with Crippen molar-refractivity contribution in [2.45, 2.75) is 36.2 Å². The van der Waals surface area contributed by atoms with E-state index in [1.807, 2.05) is 24.3 Å². The zero-order chi connectivity index (χ0) is 23.4. The third kappa shape index (κ3) is 3.40. The Morgan fingerprint density at radius 2 is 1.74 bits per heavy atom. The van der Waals surface area contributed by atoms with Gasteiger partial charge in [0.1, 0.15) is 0 Å². The average Bonchev–Trinajstić information content (AvgIpc) is 3.52. The van der Waals surface area contributed by atoms with Crippen molar-refractivity contribution in [3.05, 3.63) is 56.1 Å². The number of nitrogen functional groups attached to an aromatic ring is 1. The Labute approximate surface area is 204 Å². The molecule has 0 atom stereocenters. The Bertz CT molecular complexity index is 1510. The fourth-order valence-corrected chi connectivity index (χ4v) is 5.24. The zero-order valence-corrected chi connectivity index (χ0v) is 20.0. The lowest BCUT2D eigenvalue weighted by Gasteiger charge is -2.10. The van der Waals surface area contributed by atoms with Gasteiger partial charge in [-0.1, -0.05) is 12.2 Å². The molecular formula is C20H17BrN8O4S. The Kier molecular flexibility index (Phi) is 4.99. The lowest BCUT2D eigenvalue weighted by atomic mass is 10.3. The Morgan fingerprint density at radius 3 is 2.47 bits per heavy atom. The zero-order valence-electron chi connectivity index (χ0n) is 17.5. The number of ether oxygens (including phenoxy) is 2. The summed E-state index contributed by atoms with van der Waals surface area (Å²) >= 11 is 4.88. The molecular weight excluding hydrogens is 528 g/mol. The molecule has 0 amide bonds. The van der Waals surface area contributed by atoms with Gasteiger partial charge in [-0.25, -0.2) is 38.5 Å². The van der Waals surface area contributed by atoms with Gasteiger partial charge in [0.2, 0.25) is 6.79 Å². The first-order valence-corrected chi connectivity index (χ1v) is 11.9. The van der Waals surface area contributed by atoms with Gasteiger partial charge in [-0.15, -0.1) is 0 Å². The molecule has 1 aromatic heterocycles. The predicted octanol–water partition coefficient (Wildman–Crippen LogP) is 1.40. The molecule has 0 saturated carbocycles. The molecule has 174 valence electrons. The number of benzene rings is 1. The van der Waals surface area contributed by atoms with Gasteiger partial charge in [-0.2, -0.15) is 0 Å². The van der Waals surface area contributed by atoms with Crippen LogP contribution in [0, 0.1) is 0 Å². The van der Waals surface area contributed by atoms with Crippen molar-refractivity contribution in [2.24, 2.45) is 0 Å². The number of imidazole rings is 1. The highest BCUT2D eigenvalue weighted by Crippen LogP contribution is 2.43. The van der Waals surface area contributed by atoms with Gasteiger partial charge in [-0.05, 0) is 39.8 Å².